The maximum absolute atomic E-state index is 13.3. The number of benzene rings is 1. The Morgan fingerprint density at radius 3 is 2.79 bits per heavy atom. The Morgan fingerprint density at radius 2 is 1.96 bits per heavy atom. The number of hydrogen-bond acceptors (Lipinski definition) is 3. The van der Waals surface area contributed by atoms with E-state index in [0.717, 1.165) is 27.9 Å². The van der Waals surface area contributed by atoms with Gasteiger partial charge in [-0.1, -0.05) is 12.1 Å². The molecule has 0 aliphatic rings. The van der Waals surface area contributed by atoms with Crippen molar-refractivity contribution in [3.8, 4) is 11.3 Å². The number of hydrogen-bond donors (Lipinski definition) is 1. The zero-order valence-electron chi connectivity index (χ0n) is 15.2. The van der Waals surface area contributed by atoms with Crippen LogP contribution in [0.5, 0.6) is 0 Å². The molecule has 0 radical (unpaired) electrons. The molecule has 0 atom stereocenters. The molecular formula is C22H19FN4O. The van der Waals surface area contributed by atoms with E-state index in [2.05, 4.69) is 21.4 Å². The Hall–Kier alpha value is -3.54. The van der Waals surface area contributed by atoms with Crippen LogP contribution in [0.1, 0.15) is 12.0 Å². The molecule has 4 rings (SSSR count). The molecule has 0 aliphatic heterocycles. The number of nitrogens with one attached hydrogen (secondary N) is 1. The van der Waals surface area contributed by atoms with Crippen LogP contribution in [0.3, 0.4) is 0 Å². The monoisotopic (exact) mass is 374 g/mol. The van der Waals surface area contributed by atoms with Crippen molar-refractivity contribution in [1.82, 2.24) is 19.9 Å². The lowest BCUT2D eigenvalue weighted by Gasteiger charge is -2.11. The lowest BCUT2D eigenvalue weighted by atomic mass is 10.2. The molecule has 0 saturated heterocycles. The van der Waals surface area contributed by atoms with Crippen LogP contribution < -0.4 is 5.32 Å². The first-order chi connectivity index (χ1) is 13.7. The molecule has 4 aromatic rings. The summed E-state index contributed by atoms with van der Waals surface area (Å²) in [6.45, 7) is 0.788. The molecule has 140 valence electrons. The van der Waals surface area contributed by atoms with E-state index in [0.29, 0.717) is 19.5 Å². The van der Waals surface area contributed by atoms with Crippen LogP contribution in [0.25, 0.3) is 22.3 Å². The van der Waals surface area contributed by atoms with Crippen LogP contribution in [0, 0.1) is 5.82 Å². The quantitative estimate of drug-likeness (QED) is 0.556. The number of fused-ring (bicyclic) bond motifs is 1. The summed E-state index contributed by atoms with van der Waals surface area (Å²) in [5.74, 6) is -0.406. The van der Waals surface area contributed by atoms with Crippen LogP contribution in [0.15, 0.2) is 73.2 Å². The van der Waals surface area contributed by atoms with Gasteiger partial charge in [0.2, 0.25) is 5.91 Å². The summed E-state index contributed by atoms with van der Waals surface area (Å²) < 4.78 is 15.3. The minimum absolute atomic E-state index is 0.0980. The van der Waals surface area contributed by atoms with E-state index in [9.17, 15) is 9.18 Å². The molecule has 0 bridgehead atoms. The molecule has 1 aromatic carbocycles. The molecule has 1 amide bonds. The van der Waals surface area contributed by atoms with Gasteiger partial charge in [0.05, 0.1) is 5.69 Å². The number of pyridine rings is 2. The molecule has 28 heavy (non-hydrogen) atoms. The van der Waals surface area contributed by atoms with Gasteiger partial charge in [-0.2, -0.15) is 0 Å². The first kappa shape index (κ1) is 17.9. The van der Waals surface area contributed by atoms with Crippen molar-refractivity contribution in [2.75, 3.05) is 0 Å². The molecule has 5 nitrogen and oxygen atoms in total. The Labute approximate surface area is 161 Å². The Morgan fingerprint density at radius 1 is 1.07 bits per heavy atom. The number of nitrogens with zero attached hydrogens (tertiary/aromatic N) is 3. The van der Waals surface area contributed by atoms with Gasteiger partial charge in [0, 0.05) is 49.1 Å². The highest BCUT2D eigenvalue weighted by Gasteiger charge is 2.13. The van der Waals surface area contributed by atoms with E-state index in [1.807, 2.05) is 28.8 Å². The Balaban J connectivity index is 1.50. The van der Waals surface area contributed by atoms with E-state index in [1.165, 1.54) is 12.1 Å². The van der Waals surface area contributed by atoms with Gasteiger partial charge in [0.25, 0.3) is 0 Å². The maximum Gasteiger partial charge on any atom is 0.222 e. The summed E-state index contributed by atoms with van der Waals surface area (Å²) in [5, 5.41) is 3.86. The average molecular weight is 374 g/mol. The zero-order chi connectivity index (χ0) is 19.3. The van der Waals surface area contributed by atoms with Gasteiger partial charge in [0.1, 0.15) is 11.5 Å². The molecule has 0 saturated carbocycles. The summed E-state index contributed by atoms with van der Waals surface area (Å²) in [4.78, 5) is 21.0. The minimum Gasteiger partial charge on any atom is -0.352 e. The van der Waals surface area contributed by atoms with E-state index in [1.54, 1.807) is 30.7 Å². The average Bonchev–Trinajstić information content (AvgIpc) is 3.10. The number of amides is 1. The second-order valence-corrected chi connectivity index (χ2v) is 6.50. The highest BCUT2D eigenvalue weighted by atomic mass is 19.1. The smallest absolute Gasteiger partial charge is 0.222 e. The first-order valence-corrected chi connectivity index (χ1v) is 9.06. The van der Waals surface area contributed by atoms with Crippen LogP contribution in [-0.2, 0) is 17.9 Å². The third-order valence-electron chi connectivity index (χ3n) is 4.55. The molecule has 3 aromatic heterocycles. The Bertz CT molecular complexity index is 1110. The van der Waals surface area contributed by atoms with Crippen molar-refractivity contribution < 1.29 is 9.18 Å². The van der Waals surface area contributed by atoms with Gasteiger partial charge < -0.3 is 9.88 Å². The standard InChI is InChI=1S/C22H19FN4O/c23-19-7-1-4-16(12-19)14-26-21(28)8-11-27-20(18-6-2-9-24-15-18)13-17-5-3-10-25-22(17)27/h1-7,9-10,12-13,15H,8,11,14H2,(H,26,28). The maximum atomic E-state index is 13.3. The highest BCUT2D eigenvalue weighted by Crippen LogP contribution is 2.26. The molecular weight excluding hydrogens is 355 g/mol. The van der Waals surface area contributed by atoms with Crippen molar-refractivity contribution in [2.45, 2.75) is 19.5 Å². The zero-order valence-corrected chi connectivity index (χ0v) is 15.2. The van der Waals surface area contributed by atoms with Gasteiger partial charge in [-0.15, -0.1) is 0 Å². The lowest BCUT2D eigenvalue weighted by Crippen LogP contribution is -2.24. The third kappa shape index (κ3) is 3.91. The highest BCUT2D eigenvalue weighted by molar-refractivity contribution is 5.84. The lowest BCUT2D eigenvalue weighted by molar-refractivity contribution is -0.121. The fraction of sp³-hybridized carbons (Fsp3) is 0.136. The van der Waals surface area contributed by atoms with Crippen LogP contribution >= 0.6 is 0 Å². The number of rotatable bonds is 6. The summed E-state index contributed by atoms with van der Waals surface area (Å²) in [7, 11) is 0. The largest absolute Gasteiger partial charge is 0.352 e. The number of halogens is 1. The van der Waals surface area contributed by atoms with Crippen molar-refractivity contribution in [3.63, 3.8) is 0 Å². The summed E-state index contributed by atoms with van der Waals surface area (Å²) in [6, 6.07) is 16.1. The van der Waals surface area contributed by atoms with Crippen molar-refractivity contribution in [3.05, 3.63) is 84.6 Å². The van der Waals surface area contributed by atoms with Crippen molar-refractivity contribution in [2.24, 2.45) is 0 Å². The predicted molar refractivity (Wildman–Crippen MR) is 106 cm³/mol. The van der Waals surface area contributed by atoms with Crippen LogP contribution in [0.4, 0.5) is 4.39 Å². The van der Waals surface area contributed by atoms with Gasteiger partial charge in [0.15, 0.2) is 0 Å². The van der Waals surface area contributed by atoms with Gasteiger partial charge in [-0.25, -0.2) is 9.37 Å². The second-order valence-electron chi connectivity index (χ2n) is 6.50. The van der Waals surface area contributed by atoms with Gasteiger partial charge in [-0.05, 0) is 48.0 Å². The number of carbonyl (C=O) groups excluding carboxylic acids is 1. The molecule has 0 spiro atoms. The molecule has 0 unspecified atom stereocenters. The van der Waals surface area contributed by atoms with E-state index in [4.69, 9.17) is 0 Å². The molecule has 0 aliphatic carbocycles. The van der Waals surface area contributed by atoms with Crippen molar-refractivity contribution in [1.29, 1.82) is 0 Å². The number of carbonyl (C=O) groups is 1. The van der Waals surface area contributed by atoms with E-state index >= 15 is 0 Å². The summed E-state index contributed by atoms with van der Waals surface area (Å²) >= 11 is 0. The van der Waals surface area contributed by atoms with Crippen molar-refractivity contribution >= 4 is 16.9 Å². The van der Waals surface area contributed by atoms with Gasteiger partial charge in [-0.3, -0.25) is 9.78 Å². The molecule has 1 N–H and O–H groups in total. The van der Waals surface area contributed by atoms with Crippen LogP contribution in [0.2, 0.25) is 0 Å². The topological polar surface area (TPSA) is 59.8 Å². The fourth-order valence-electron chi connectivity index (χ4n) is 3.22. The third-order valence-corrected chi connectivity index (χ3v) is 4.55. The molecule has 0 fully saturated rings. The predicted octanol–water partition coefficient (Wildman–Crippen LogP) is 3.94. The van der Waals surface area contributed by atoms with E-state index < -0.39 is 0 Å². The fourth-order valence-corrected chi connectivity index (χ4v) is 3.22. The molecule has 3 heterocycles. The summed E-state index contributed by atoms with van der Waals surface area (Å²) in [5.41, 5.74) is 3.51. The minimum atomic E-state index is -0.308. The SMILES string of the molecule is O=C(CCn1c(-c2cccnc2)cc2cccnc21)NCc1cccc(F)c1. The number of aryl methyl sites for hydroxylation is 1. The number of aromatic nitrogens is 3. The van der Waals surface area contributed by atoms with Gasteiger partial charge >= 0.3 is 0 Å². The Kier molecular flexibility index (Phi) is 5.10. The van der Waals surface area contributed by atoms with Crippen LogP contribution in [-0.4, -0.2) is 20.4 Å². The normalized spacial score (nSPS) is 10.9. The van der Waals surface area contributed by atoms with E-state index in [-0.39, 0.29) is 11.7 Å². The summed E-state index contributed by atoms with van der Waals surface area (Å²) in [6.07, 6.45) is 5.57. The second kappa shape index (κ2) is 8.00. The molecule has 6 heteroatoms. The first-order valence-electron chi connectivity index (χ1n) is 9.06.